The van der Waals surface area contributed by atoms with Crippen LogP contribution in [0.15, 0.2) is 60.7 Å². The Morgan fingerprint density at radius 2 is 1.57 bits per heavy atom. The predicted octanol–water partition coefficient (Wildman–Crippen LogP) is 4.87. The molecule has 0 spiro atoms. The second-order valence-electron chi connectivity index (χ2n) is 7.95. The van der Waals surface area contributed by atoms with Crippen molar-refractivity contribution in [2.75, 3.05) is 25.0 Å². The number of carboxylic acid groups (broad SMARTS) is 1. The highest BCUT2D eigenvalue weighted by molar-refractivity contribution is 5.98. The van der Waals surface area contributed by atoms with Crippen molar-refractivity contribution in [1.82, 2.24) is 4.90 Å². The fourth-order valence-corrected chi connectivity index (χ4v) is 4.24. The van der Waals surface area contributed by atoms with Crippen LogP contribution in [-0.4, -0.2) is 47.7 Å². The third-order valence-corrected chi connectivity index (χ3v) is 5.88. The number of anilines is 1. The van der Waals surface area contributed by atoms with E-state index in [4.69, 9.17) is 9.84 Å². The van der Waals surface area contributed by atoms with E-state index in [1.54, 1.807) is 0 Å². The number of carboxylic acids is 1. The number of nitrogens with zero attached hydrogens (tertiary/aromatic N) is 1. The van der Waals surface area contributed by atoms with Crippen LogP contribution in [0.25, 0.3) is 11.1 Å². The van der Waals surface area contributed by atoms with E-state index in [0.717, 1.165) is 39.3 Å². The predicted molar refractivity (Wildman–Crippen MR) is 124 cm³/mol. The zero-order chi connectivity index (χ0) is 25.1. The highest BCUT2D eigenvalue weighted by atomic mass is 19.1. The van der Waals surface area contributed by atoms with Crippen molar-refractivity contribution in [3.8, 4) is 11.1 Å². The van der Waals surface area contributed by atoms with Crippen LogP contribution in [0, 0.1) is 11.6 Å². The highest BCUT2D eigenvalue weighted by Gasteiger charge is 2.30. The molecule has 7 nitrogen and oxygen atoms in total. The first kappa shape index (κ1) is 23.9. The molecular formula is C26H22F2N2O5. The van der Waals surface area contributed by atoms with Crippen LogP contribution in [0.4, 0.5) is 19.3 Å². The first-order chi connectivity index (χ1) is 16.8. The molecule has 2 amide bonds. The summed E-state index contributed by atoms with van der Waals surface area (Å²) in [5.41, 5.74) is 2.68. The number of aliphatic carboxylic acids is 1. The van der Waals surface area contributed by atoms with Gasteiger partial charge in [-0.1, -0.05) is 48.5 Å². The van der Waals surface area contributed by atoms with Crippen molar-refractivity contribution in [3.63, 3.8) is 0 Å². The summed E-state index contributed by atoms with van der Waals surface area (Å²) in [5, 5.41) is 11.2. The van der Waals surface area contributed by atoms with Crippen LogP contribution in [0.5, 0.6) is 0 Å². The largest absolute Gasteiger partial charge is 0.480 e. The molecule has 0 radical (unpaired) electrons. The molecule has 0 bridgehead atoms. The number of halogens is 2. The summed E-state index contributed by atoms with van der Waals surface area (Å²) in [7, 11) is 0. The van der Waals surface area contributed by atoms with E-state index in [2.05, 4.69) is 5.32 Å². The molecule has 1 aliphatic rings. The van der Waals surface area contributed by atoms with E-state index < -0.39 is 47.4 Å². The summed E-state index contributed by atoms with van der Waals surface area (Å²) in [6, 6.07) is 17.3. The Bertz CT molecular complexity index is 1270. The summed E-state index contributed by atoms with van der Waals surface area (Å²) in [6.45, 7) is 0.665. The Hall–Kier alpha value is -4.27. The Morgan fingerprint density at radius 3 is 2.14 bits per heavy atom. The Balaban J connectivity index is 1.50. The van der Waals surface area contributed by atoms with Gasteiger partial charge >= 0.3 is 12.1 Å². The molecule has 9 heteroatoms. The number of carbonyl (C=O) groups excluding carboxylic acids is 2. The number of likely N-dealkylation sites (N-methyl/N-ethyl adjacent to an activating group) is 1. The third kappa shape index (κ3) is 4.70. The molecular weight excluding hydrogens is 458 g/mol. The zero-order valence-electron chi connectivity index (χ0n) is 18.8. The number of carbonyl (C=O) groups is 3. The monoisotopic (exact) mass is 480 g/mol. The molecule has 1 aliphatic carbocycles. The van der Waals surface area contributed by atoms with Crippen molar-refractivity contribution in [2.24, 2.45) is 0 Å². The Labute approximate surface area is 199 Å². The van der Waals surface area contributed by atoms with Crippen molar-refractivity contribution in [3.05, 3.63) is 89.0 Å². The van der Waals surface area contributed by atoms with E-state index in [1.807, 2.05) is 48.5 Å². The van der Waals surface area contributed by atoms with Crippen LogP contribution in [0.2, 0.25) is 0 Å². The first-order valence-corrected chi connectivity index (χ1v) is 10.9. The summed E-state index contributed by atoms with van der Waals surface area (Å²) in [4.78, 5) is 36.8. The van der Waals surface area contributed by atoms with Gasteiger partial charge in [0.05, 0.1) is 5.69 Å². The molecule has 0 heterocycles. The van der Waals surface area contributed by atoms with Crippen LogP contribution < -0.4 is 5.32 Å². The number of amides is 2. The third-order valence-electron chi connectivity index (χ3n) is 5.88. The van der Waals surface area contributed by atoms with E-state index >= 15 is 4.39 Å². The molecule has 0 saturated heterocycles. The number of ether oxygens (including phenoxy) is 1. The molecule has 0 saturated carbocycles. The van der Waals surface area contributed by atoms with Gasteiger partial charge in [-0.15, -0.1) is 0 Å². The number of hydrogen-bond donors (Lipinski definition) is 2. The van der Waals surface area contributed by atoms with Crippen LogP contribution >= 0.6 is 0 Å². The summed E-state index contributed by atoms with van der Waals surface area (Å²) in [6.07, 6.45) is -0.978. The highest BCUT2D eigenvalue weighted by Crippen LogP contribution is 2.44. The van der Waals surface area contributed by atoms with Gasteiger partial charge < -0.3 is 14.7 Å². The standard InChI is InChI=1S/C26H22F2N2O5/c1-2-30(13-22(31)32)25(33)23-20(27)11-12-21(24(23)28)29-26(34)35-14-19-17-9-5-3-7-15(17)16-8-4-6-10-18(16)19/h3-12,19H,2,13-14H2,1H3,(H,29,34)(H,31,32). The van der Waals surface area contributed by atoms with Crippen LogP contribution in [-0.2, 0) is 9.53 Å². The van der Waals surface area contributed by atoms with Crippen LogP contribution in [0.3, 0.4) is 0 Å². The molecule has 0 aromatic heterocycles. The number of hydrogen-bond acceptors (Lipinski definition) is 4. The fraction of sp³-hybridized carbons (Fsp3) is 0.192. The summed E-state index contributed by atoms with van der Waals surface area (Å²) in [5.74, 6) is -5.16. The molecule has 0 unspecified atom stereocenters. The minimum Gasteiger partial charge on any atom is -0.480 e. The normalized spacial score (nSPS) is 12.0. The molecule has 0 atom stereocenters. The van der Waals surface area contributed by atoms with Gasteiger partial charge in [0.15, 0.2) is 5.82 Å². The van der Waals surface area contributed by atoms with Gasteiger partial charge in [0.1, 0.15) is 24.5 Å². The van der Waals surface area contributed by atoms with Crippen molar-refractivity contribution < 1.29 is 33.0 Å². The second kappa shape index (κ2) is 9.92. The lowest BCUT2D eigenvalue weighted by Gasteiger charge is -2.20. The zero-order valence-corrected chi connectivity index (χ0v) is 18.8. The first-order valence-electron chi connectivity index (χ1n) is 10.9. The topological polar surface area (TPSA) is 95.9 Å². The van der Waals surface area contributed by atoms with Gasteiger partial charge in [-0.25, -0.2) is 13.6 Å². The van der Waals surface area contributed by atoms with E-state index in [1.165, 1.54) is 6.92 Å². The van der Waals surface area contributed by atoms with Gasteiger partial charge in [0.2, 0.25) is 0 Å². The minimum absolute atomic E-state index is 0.0172. The smallest absolute Gasteiger partial charge is 0.411 e. The molecule has 4 rings (SSSR count). The molecule has 3 aromatic carbocycles. The Morgan fingerprint density at radius 1 is 0.971 bits per heavy atom. The molecule has 0 aliphatic heterocycles. The van der Waals surface area contributed by atoms with Gasteiger partial charge in [0.25, 0.3) is 5.91 Å². The molecule has 2 N–H and O–H groups in total. The minimum atomic E-state index is -1.33. The maximum absolute atomic E-state index is 15.0. The van der Waals surface area contributed by atoms with Crippen molar-refractivity contribution >= 4 is 23.7 Å². The average Bonchev–Trinajstić information content (AvgIpc) is 3.16. The molecule has 3 aromatic rings. The SMILES string of the molecule is CCN(CC(=O)O)C(=O)c1c(F)ccc(NC(=O)OCC2c3ccccc3-c3ccccc32)c1F. The lowest BCUT2D eigenvalue weighted by atomic mass is 9.98. The number of nitrogens with one attached hydrogen (secondary N) is 1. The number of benzene rings is 3. The van der Waals surface area contributed by atoms with Crippen LogP contribution in [0.1, 0.15) is 34.3 Å². The quantitative estimate of drug-likeness (QED) is 0.503. The van der Waals surface area contributed by atoms with Crippen molar-refractivity contribution in [2.45, 2.75) is 12.8 Å². The van der Waals surface area contributed by atoms with Gasteiger partial charge in [-0.3, -0.25) is 14.9 Å². The maximum atomic E-state index is 15.0. The van der Waals surface area contributed by atoms with E-state index in [-0.39, 0.29) is 19.1 Å². The fourth-order valence-electron chi connectivity index (χ4n) is 4.24. The summed E-state index contributed by atoms with van der Waals surface area (Å²) < 4.78 is 34.7. The van der Waals surface area contributed by atoms with Gasteiger partial charge in [-0.2, -0.15) is 0 Å². The maximum Gasteiger partial charge on any atom is 0.411 e. The van der Waals surface area contributed by atoms with Gasteiger partial charge in [0, 0.05) is 12.5 Å². The number of fused-ring (bicyclic) bond motifs is 3. The summed E-state index contributed by atoms with van der Waals surface area (Å²) >= 11 is 0. The van der Waals surface area contributed by atoms with E-state index in [0.29, 0.717) is 0 Å². The number of rotatable bonds is 7. The molecule has 0 fully saturated rings. The molecule has 35 heavy (non-hydrogen) atoms. The molecule has 180 valence electrons. The average molecular weight is 480 g/mol. The van der Waals surface area contributed by atoms with Gasteiger partial charge in [-0.05, 0) is 41.3 Å². The Kier molecular flexibility index (Phi) is 6.77. The van der Waals surface area contributed by atoms with E-state index in [9.17, 15) is 18.8 Å². The van der Waals surface area contributed by atoms with Crippen molar-refractivity contribution in [1.29, 1.82) is 0 Å². The lowest BCUT2D eigenvalue weighted by molar-refractivity contribution is -0.137. The second-order valence-corrected chi connectivity index (χ2v) is 7.95. The lowest BCUT2D eigenvalue weighted by Crippen LogP contribution is -2.36.